The van der Waals surface area contributed by atoms with Crippen LogP contribution in [0.4, 0.5) is 13.2 Å². The summed E-state index contributed by atoms with van der Waals surface area (Å²) < 4.78 is 36.4. The summed E-state index contributed by atoms with van der Waals surface area (Å²) >= 11 is 5.62. The number of rotatable bonds is 1. The molecule has 72 valence electrons. The summed E-state index contributed by atoms with van der Waals surface area (Å²) in [5.74, 6) is 0. The van der Waals surface area contributed by atoms with Crippen LogP contribution in [0.1, 0.15) is 18.3 Å². The molecule has 5 heteroatoms. The van der Waals surface area contributed by atoms with Crippen molar-refractivity contribution in [2.45, 2.75) is 19.5 Å². The number of aryl methyl sites for hydroxylation is 1. The van der Waals surface area contributed by atoms with Gasteiger partial charge in [-0.25, -0.2) is 4.98 Å². The van der Waals surface area contributed by atoms with E-state index in [-0.39, 0.29) is 10.7 Å². The molecule has 0 spiro atoms. The zero-order valence-corrected chi connectivity index (χ0v) is 7.58. The second kappa shape index (κ2) is 3.54. The summed E-state index contributed by atoms with van der Waals surface area (Å²) in [5.41, 5.74) is -0.620. The van der Waals surface area contributed by atoms with E-state index >= 15 is 0 Å². The van der Waals surface area contributed by atoms with Gasteiger partial charge in [-0.1, -0.05) is 18.5 Å². The highest BCUT2D eigenvalue weighted by atomic mass is 35.5. The molecular weight excluding hydrogens is 203 g/mol. The van der Waals surface area contributed by atoms with Crippen molar-refractivity contribution < 1.29 is 13.2 Å². The minimum atomic E-state index is -4.39. The molecule has 0 saturated heterocycles. The van der Waals surface area contributed by atoms with Crippen molar-refractivity contribution in [1.29, 1.82) is 0 Å². The second-order valence-corrected chi connectivity index (χ2v) is 2.88. The summed E-state index contributed by atoms with van der Waals surface area (Å²) in [6, 6.07) is 2.09. The molecular formula is C8H7ClF3N. The average Bonchev–Trinajstić information content (AvgIpc) is 2.03. The van der Waals surface area contributed by atoms with Crippen molar-refractivity contribution in [3.8, 4) is 0 Å². The van der Waals surface area contributed by atoms with Crippen LogP contribution in [0.5, 0.6) is 0 Å². The molecule has 0 fully saturated rings. The van der Waals surface area contributed by atoms with Crippen LogP contribution < -0.4 is 0 Å². The van der Waals surface area contributed by atoms with Gasteiger partial charge in [0, 0.05) is 0 Å². The van der Waals surface area contributed by atoms with Crippen LogP contribution in [0.15, 0.2) is 12.1 Å². The molecule has 0 bridgehead atoms. The predicted octanol–water partition coefficient (Wildman–Crippen LogP) is 3.32. The van der Waals surface area contributed by atoms with Gasteiger partial charge in [0.25, 0.3) is 0 Å². The molecule has 0 aromatic carbocycles. The fraction of sp³-hybridized carbons (Fsp3) is 0.375. The zero-order chi connectivity index (χ0) is 10.1. The van der Waals surface area contributed by atoms with Crippen LogP contribution in [0.3, 0.4) is 0 Å². The van der Waals surface area contributed by atoms with Crippen LogP contribution in [-0.4, -0.2) is 4.98 Å². The van der Waals surface area contributed by atoms with E-state index in [9.17, 15) is 13.2 Å². The maximum absolute atomic E-state index is 12.1. The fourth-order valence-electron chi connectivity index (χ4n) is 0.890. The van der Waals surface area contributed by atoms with E-state index in [0.717, 1.165) is 6.07 Å². The van der Waals surface area contributed by atoms with Crippen molar-refractivity contribution >= 4 is 11.6 Å². The van der Waals surface area contributed by atoms with Gasteiger partial charge < -0.3 is 0 Å². The van der Waals surface area contributed by atoms with Crippen LogP contribution in [-0.2, 0) is 12.6 Å². The molecule has 1 nitrogen and oxygen atoms in total. The van der Waals surface area contributed by atoms with Crippen molar-refractivity contribution in [3.63, 3.8) is 0 Å². The number of hydrogen-bond acceptors (Lipinski definition) is 1. The maximum Gasteiger partial charge on any atom is 0.433 e. The highest BCUT2D eigenvalue weighted by molar-refractivity contribution is 6.31. The molecule has 0 amide bonds. The number of alkyl halides is 3. The normalized spacial score (nSPS) is 11.8. The first-order chi connectivity index (χ1) is 5.95. The molecule has 0 N–H and O–H groups in total. The first-order valence-electron chi connectivity index (χ1n) is 3.67. The summed E-state index contributed by atoms with van der Waals surface area (Å²) in [6.07, 6.45) is -4.00. The van der Waals surface area contributed by atoms with Crippen molar-refractivity contribution in [2.75, 3.05) is 0 Å². The fourth-order valence-corrected chi connectivity index (χ4v) is 1.13. The predicted molar refractivity (Wildman–Crippen MR) is 43.6 cm³/mol. The lowest BCUT2D eigenvalue weighted by Gasteiger charge is -2.07. The molecule has 1 rings (SSSR count). The Morgan fingerprint density at radius 1 is 1.38 bits per heavy atom. The molecule has 0 aliphatic heterocycles. The number of aromatic nitrogens is 1. The molecule has 0 atom stereocenters. The van der Waals surface area contributed by atoms with Crippen molar-refractivity contribution in [2.24, 2.45) is 0 Å². The third-order valence-corrected chi connectivity index (χ3v) is 1.89. The van der Waals surface area contributed by atoms with Gasteiger partial charge in [0.2, 0.25) is 0 Å². The van der Waals surface area contributed by atoms with E-state index in [1.807, 2.05) is 0 Å². The maximum atomic E-state index is 12.1. The smallest absolute Gasteiger partial charge is 0.247 e. The highest BCUT2D eigenvalue weighted by Gasteiger charge is 2.32. The van der Waals surface area contributed by atoms with Crippen molar-refractivity contribution in [1.82, 2.24) is 4.98 Å². The Bertz CT molecular complexity index is 309. The largest absolute Gasteiger partial charge is 0.433 e. The number of hydrogen-bond donors (Lipinski definition) is 0. The van der Waals surface area contributed by atoms with E-state index in [1.165, 1.54) is 6.07 Å². The minimum absolute atomic E-state index is 0.274. The summed E-state index contributed by atoms with van der Waals surface area (Å²) in [5, 5.41) is 0.274. The lowest BCUT2D eigenvalue weighted by molar-refractivity contribution is -0.141. The molecule has 0 aliphatic carbocycles. The van der Waals surface area contributed by atoms with Crippen LogP contribution in [0.25, 0.3) is 0 Å². The van der Waals surface area contributed by atoms with E-state index < -0.39 is 11.9 Å². The molecule has 0 aliphatic rings. The molecule has 1 aromatic heterocycles. The number of nitrogens with zero attached hydrogens (tertiary/aromatic N) is 1. The first-order valence-corrected chi connectivity index (χ1v) is 4.05. The van der Waals surface area contributed by atoms with Gasteiger partial charge in [-0.15, -0.1) is 0 Å². The Kier molecular flexibility index (Phi) is 2.81. The quantitative estimate of drug-likeness (QED) is 0.692. The Morgan fingerprint density at radius 2 is 2.00 bits per heavy atom. The molecule has 0 unspecified atom stereocenters. The SMILES string of the molecule is CCc1nc(C(F)(F)F)ccc1Cl. The van der Waals surface area contributed by atoms with Gasteiger partial charge in [-0.2, -0.15) is 13.2 Å². The summed E-state index contributed by atoms with van der Waals surface area (Å²) in [4.78, 5) is 3.41. The van der Waals surface area contributed by atoms with E-state index in [4.69, 9.17) is 11.6 Å². The Hall–Kier alpha value is -0.770. The van der Waals surface area contributed by atoms with Gasteiger partial charge >= 0.3 is 6.18 Å². The van der Waals surface area contributed by atoms with E-state index in [2.05, 4.69) is 4.98 Å². The lowest BCUT2D eigenvalue weighted by atomic mass is 10.2. The standard InChI is InChI=1S/C8H7ClF3N/c1-2-6-5(9)3-4-7(13-6)8(10,11)12/h3-4H,2H2,1H3. The Morgan fingerprint density at radius 3 is 2.46 bits per heavy atom. The molecule has 1 heterocycles. The highest BCUT2D eigenvalue weighted by Crippen LogP contribution is 2.29. The first kappa shape index (κ1) is 10.3. The average molecular weight is 210 g/mol. The number of pyridine rings is 1. The van der Waals surface area contributed by atoms with Gasteiger partial charge in [0.15, 0.2) is 0 Å². The molecule has 1 aromatic rings. The van der Waals surface area contributed by atoms with E-state index in [1.54, 1.807) is 6.92 Å². The minimum Gasteiger partial charge on any atom is -0.247 e. The number of halogens is 4. The van der Waals surface area contributed by atoms with Gasteiger partial charge in [0.05, 0.1) is 10.7 Å². The van der Waals surface area contributed by atoms with Gasteiger partial charge in [0.1, 0.15) is 5.69 Å². The van der Waals surface area contributed by atoms with Crippen LogP contribution in [0.2, 0.25) is 5.02 Å². The molecule has 0 saturated carbocycles. The Labute approximate surface area is 78.5 Å². The molecule has 0 radical (unpaired) electrons. The zero-order valence-electron chi connectivity index (χ0n) is 6.82. The van der Waals surface area contributed by atoms with Crippen molar-refractivity contribution in [3.05, 3.63) is 28.5 Å². The third kappa shape index (κ3) is 2.34. The summed E-state index contributed by atoms with van der Waals surface area (Å²) in [6.45, 7) is 1.70. The van der Waals surface area contributed by atoms with Crippen LogP contribution in [0, 0.1) is 0 Å². The monoisotopic (exact) mass is 209 g/mol. The van der Waals surface area contributed by atoms with E-state index in [0.29, 0.717) is 6.42 Å². The topological polar surface area (TPSA) is 12.9 Å². The third-order valence-electron chi connectivity index (χ3n) is 1.54. The van der Waals surface area contributed by atoms with Crippen LogP contribution >= 0.6 is 11.6 Å². The lowest BCUT2D eigenvalue weighted by Crippen LogP contribution is -2.09. The molecule has 13 heavy (non-hydrogen) atoms. The summed E-state index contributed by atoms with van der Waals surface area (Å²) in [7, 11) is 0. The van der Waals surface area contributed by atoms with Gasteiger partial charge in [-0.05, 0) is 18.6 Å². The second-order valence-electron chi connectivity index (χ2n) is 2.48. The van der Waals surface area contributed by atoms with Gasteiger partial charge in [-0.3, -0.25) is 0 Å². The Balaban J connectivity index is 3.14.